The van der Waals surface area contributed by atoms with E-state index in [0.29, 0.717) is 6.61 Å². The van der Waals surface area contributed by atoms with Crippen LogP contribution < -0.4 is 0 Å². The van der Waals surface area contributed by atoms with Gasteiger partial charge in [-0.1, -0.05) is 78.9 Å². The summed E-state index contributed by atoms with van der Waals surface area (Å²) in [5.74, 6) is 6.54. The van der Waals surface area contributed by atoms with Gasteiger partial charge >= 0.3 is 5.97 Å². The minimum atomic E-state index is -1.21. The Labute approximate surface area is 236 Å². The van der Waals surface area contributed by atoms with Gasteiger partial charge in [-0.05, 0) is 77.7 Å². The van der Waals surface area contributed by atoms with Crippen LogP contribution in [0.25, 0.3) is 0 Å². The molecule has 0 bridgehead atoms. The quantitative estimate of drug-likeness (QED) is 0.224. The van der Waals surface area contributed by atoms with E-state index in [2.05, 4.69) is 59.2 Å². The van der Waals surface area contributed by atoms with Crippen molar-refractivity contribution in [3.05, 3.63) is 48.0 Å². The second kappa shape index (κ2) is 12.1. The van der Waals surface area contributed by atoms with Gasteiger partial charge in [-0.3, -0.25) is 4.90 Å². The maximum atomic E-state index is 14.2. The molecule has 1 atom stereocenters. The highest BCUT2D eigenvalue weighted by molar-refractivity contribution is 8.05. The summed E-state index contributed by atoms with van der Waals surface area (Å²) in [5.41, 5.74) is -1.11. The Kier molecular flexibility index (Phi) is 8.79. The number of esters is 1. The lowest BCUT2D eigenvalue weighted by Gasteiger charge is -2.45. The van der Waals surface area contributed by atoms with Crippen molar-refractivity contribution >= 4 is 29.5 Å². The first-order chi connectivity index (χ1) is 18.4. The number of fused-ring (bicyclic) bond motifs is 2. The average Bonchev–Trinajstić information content (AvgIpc) is 3.44. The van der Waals surface area contributed by atoms with Gasteiger partial charge in [-0.25, -0.2) is 4.79 Å². The second-order valence-corrected chi connectivity index (χ2v) is 13.1. The van der Waals surface area contributed by atoms with Crippen molar-refractivity contribution in [3.63, 3.8) is 0 Å². The zero-order chi connectivity index (χ0) is 26.6. The summed E-state index contributed by atoms with van der Waals surface area (Å²) in [7, 11) is 0. The molecule has 2 heterocycles. The Bertz CT molecular complexity index is 1200. The van der Waals surface area contributed by atoms with Crippen molar-refractivity contribution in [2.75, 3.05) is 26.2 Å². The fourth-order valence-electron chi connectivity index (χ4n) is 6.00. The molecule has 0 amide bonds. The summed E-state index contributed by atoms with van der Waals surface area (Å²) in [5, 5.41) is 0. The molecule has 0 N–H and O–H groups in total. The summed E-state index contributed by atoms with van der Waals surface area (Å²) in [4.78, 5) is 21.4. The molecule has 1 unspecified atom stereocenters. The number of hydrogen-bond acceptors (Lipinski definition) is 6. The monoisotopic (exact) mass is 549 g/mol. The van der Waals surface area contributed by atoms with Crippen LogP contribution in [0.5, 0.6) is 0 Å². The lowest BCUT2D eigenvalue weighted by molar-refractivity contribution is -0.204. The van der Waals surface area contributed by atoms with Crippen LogP contribution in [0.1, 0.15) is 71.3 Å². The van der Waals surface area contributed by atoms with Gasteiger partial charge in [-0.15, -0.1) is 0 Å². The first-order valence-electron chi connectivity index (χ1n) is 14.1. The van der Waals surface area contributed by atoms with Crippen LogP contribution >= 0.6 is 23.5 Å². The third kappa shape index (κ3) is 5.82. The van der Waals surface area contributed by atoms with Crippen molar-refractivity contribution in [1.29, 1.82) is 0 Å². The van der Waals surface area contributed by atoms with E-state index in [9.17, 15) is 4.79 Å². The maximum absolute atomic E-state index is 14.2. The van der Waals surface area contributed by atoms with E-state index in [4.69, 9.17) is 9.47 Å². The first-order valence-corrected chi connectivity index (χ1v) is 15.7. The summed E-state index contributed by atoms with van der Waals surface area (Å²) < 4.78 is 13.0. The fraction of sp³-hybridized carbons (Fsp3) is 0.531. The molecular formula is C32H39NO3S2. The number of rotatable bonds is 7. The van der Waals surface area contributed by atoms with Gasteiger partial charge in [0.05, 0.1) is 13.2 Å². The normalized spacial score (nSPS) is 19.6. The molecule has 0 aromatic heterocycles. The Morgan fingerprint density at radius 1 is 0.947 bits per heavy atom. The van der Waals surface area contributed by atoms with Crippen LogP contribution in [0.2, 0.25) is 0 Å². The third-order valence-corrected chi connectivity index (χ3v) is 10.3. The molecule has 6 heteroatoms. The summed E-state index contributed by atoms with van der Waals surface area (Å²) in [6.45, 7) is 9.17. The Morgan fingerprint density at radius 2 is 1.63 bits per heavy atom. The van der Waals surface area contributed by atoms with Crippen molar-refractivity contribution in [3.8, 4) is 11.8 Å². The Balaban J connectivity index is 1.59. The van der Waals surface area contributed by atoms with E-state index in [0.717, 1.165) is 60.7 Å². The second-order valence-electron chi connectivity index (χ2n) is 11.0. The fourth-order valence-corrected chi connectivity index (χ4v) is 8.43. The van der Waals surface area contributed by atoms with E-state index >= 15 is 0 Å². The van der Waals surface area contributed by atoms with Gasteiger partial charge in [0, 0.05) is 31.1 Å². The zero-order valence-corrected chi connectivity index (χ0v) is 24.5. The SMILES string of the molecule is CCOC(=O)C(OC(C)(C)C#CCN1CCCC1)(c1cccc2c1Sc1ccccc1S2)C1CCCCC1. The van der Waals surface area contributed by atoms with Gasteiger partial charge in [0.15, 0.2) is 5.60 Å². The Morgan fingerprint density at radius 3 is 2.34 bits per heavy atom. The number of hydrogen-bond donors (Lipinski definition) is 0. The molecule has 0 spiro atoms. The number of benzene rings is 2. The van der Waals surface area contributed by atoms with E-state index in [1.165, 1.54) is 29.1 Å². The van der Waals surface area contributed by atoms with Gasteiger partial charge in [-0.2, -0.15) is 0 Å². The van der Waals surface area contributed by atoms with Crippen molar-refractivity contribution in [1.82, 2.24) is 4.90 Å². The summed E-state index contributed by atoms with van der Waals surface area (Å²) in [6.07, 6.45) is 7.74. The minimum absolute atomic E-state index is 0.0317. The molecule has 0 radical (unpaired) electrons. The average molecular weight is 550 g/mol. The van der Waals surface area contributed by atoms with Gasteiger partial charge in [0.25, 0.3) is 0 Å². The molecule has 3 aliphatic rings. The maximum Gasteiger partial charge on any atom is 0.343 e. The van der Waals surface area contributed by atoms with E-state index in [1.807, 2.05) is 20.8 Å². The number of likely N-dealkylation sites (tertiary alicyclic amines) is 1. The van der Waals surface area contributed by atoms with Crippen molar-refractivity contribution in [2.24, 2.45) is 5.92 Å². The van der Waals surface area contributed by atoms with Crippen LogP contribution in [0.15, 0.2) is 62.0 Å². The molecule has 2 aliphatic heterocycles. The molecule has 1 saturated heterocycles. The van der Waals surface area contributed by atoms with E-state index < -0.39 is 11.2 Å². The minimum Gasteiger partial charge on any atom is -0.464 e. The van der Waals surface area contributed by atoms with E-state index in [-0.39, 0.29) is 11.9 Å². The molecule has 2 aromatic carbocycles. The largest absolute Gasteiger partial charge is 0.464 e. The molecule has 38 heavy (non-hydrogen) atoms. The molecule has 1 aliphatic carbocycles. The molecule has 1 saturated carbocycles. The van der Waals surface area contributed by atoms with Crippen LogP contribution in [-0.4, -0.2) is 42.7 Å². The predicted octanol–water partition coefficient (Wildman–Crippen LogP) is 7.54. The summed E-state index contributed by atoms with van der Waals surface area (Å²) >= 11 is 3.51. The number of nitrogens with zero attached hydrogens (tertiary/aromatic N) is 1. The van der Waals surface area contributed by atoms with Gasteiger partial charge in [0.1, 0.15) is 5.60 Å². The number of carbonyl (C=O) groups excluding carboxylic acids is 1. The summed E-state index contributed by atoms with van der Waals surface area (Å²) in [6, 6.07) is 14.8. The van der Waals surface area contributed by atoms with Crippen LogP contribution in [0.3, 0.4) is 0 Å². The highest BCUT2D eigenvalue weighted by Crippen LogP contribution is 2.55. The van der Waals surface area contributed by atoms with Crippen LogP contribution in [0, 0.1) is 17.8 Å². The highest BCUT2D eigenvalue weighted by atomic mass is 32.2. The van der Waals surface area contributed by atoms with Gasteiger partial charge in [0.2, 0.25) is 0 Å². The Hall–Kier alpha value is -1.91. The smallest absolute Gasteiger partial charge is 0.343 e. The van der Waals surface area contributed by atoms with Gasteiger partial charge < -0.3 is 9.47 Å². The standard InChI is InChI=1S/C32H39NO3S2/c1-4-35-30(34)32(24-14-6-5-7-15-24,36-31(2,3)20-13-23-33-21-10-11-22-33)25-16-12-19-28-29(25)38-27-18-9-8-17-26(27)37-28/h8-9,12,16-19,24H,4-7,10-11,14-15,21-23H2,1-3H3. The zero-order valence-electron chi connectivity index (χ0n) is 22.9. The molecule has 202 valence electrons. The molecule has 2 aromatic rings. The molecule has 2 fully saturated rings. The number of ether oxygens (including phenoxy) is 2. The number of carbonyl (C=O) groups is 1. The lowest BCUT2D eigenvalue weighted by atomic mass is 9.72. The van der Waals surface area contributed by atoms with Crippen LogP contribution in [-0.2, 0) is 19.9 Å². The van der Waals surface area contributed by atoms with Crippen molar-refractivity contribution in [2.45, 2.75) is 96.5 Å². The predicted molar refractivity (Wildman–Crippen MR) is 155 cm³/mol. The lowest BCUT2D eigenvalue weighted by Crippen LogP contribution is -2.52. The highest BCUT2D eigenvalue weighted by Gasteiger charge is 2.54. The topological polar surface area (TPSA) is 38.8 Å². The van der Waals surface area contributed by atoms with Crippen LogP contribution in [0.4, 0.5) is 0 Å². The third-order valence-electron chi connectivity index (χ3n) is 7.73. The van der Waals surface area contributed by atoms with Crippen molar-refractivity contribution < 1.29 is 14.3 Å². The molecule has 4 nitrogen and oxygen atoms in total. The molecular weight excluding hydrogens is 510 g/mol. The molecule has 5 rings (SSSR count). The van der Waals surface area contributed by atoms with E-state index in [1.54, 1.807) is 23.5 Å². The first kappa shape index (κ1) is 27.6.